The second-order valence-corrected chi connectivity index (χ2v) is 132. The van der Waals surface area contributed by atoms with Crippen LogP contribution in [0, 0.1) is 0 Å². The normalized spacial score (nSPS) is 14.8. The maximum atomic E-state index is 10.7. The molecule has 8 N–H and O–H groups in total. The minimum atomic E-state index is -3.26. The second-order valence-electron chi connectivity index (χ2n) is 40.8. The molecule has 0 aromatic heterocycles. The van der Waals surface area contributed by atoms with E-state index >= 15 is 0 Å². The van der Waals surface area contributed by atoms with E-state index in [4.69, 9.17) is 156 Å². The van der Waals surface area contributed by atoms with Gasteiger partial charge in [0.15, 0.2) is 0 Å². The molecule has 0 saturated carbocycles. The SMILES string of the molecule is C[Si](C)(Cl)O[Si](C)(C)Cl.C[Si](C)(Cl)O[Si](C)(C)O[Si](C)(O[Si](C)(C)Cl)c1ccccc1.C[Si](C)(Cl)O[Si](C)(C)O[Si](O[Si](C)(C)Cl)(c1ccccc1)c1ccccc1.C[Si](C)(O)O.C[Si](C)(O)O[Si](C)(C)O[Si](C)(O[Si](C)(C)O)c1ccccc1.C[Si](C)(O)O[Si](C)(C)O[Si](O[Si](C)(C)O)(c1ccccc1)c1ccccc1.C[Si](Cl)(O[Si](C)(Cl)c1ccccc1)c1ccccc1.C[Si](O)(O)c1ccccc1. The van der Waals surface area contributed by atoms with E-state index in [2.05, 4.69) is 24.3 Å². The molecule has 22 nitrogen and oxygen atoms in total. The van der Waals surface area contributed by atoms with E-state index in [0.717, 1.165) is 41.5 Å². The first-order chi connectivity index (χ1) is 63.3. The summed E-state index contributed by atoms with van der Waals surface area (Å²) in [6.45, 7) is 65.2. The van der Waals surface area contributed by atoms with Crippen LogP contribution in [0.25, 0.3) is 0 Å². The molecule has 0 heterocycles. The Labute approximate surface area is 905 Å². The Morgan fingerprint density at radius 2 is 0.326 bits per heavy atom. The predicted molar refractivity (Wildman–Crippen MR) is 646 cm³/mol. The van der Waals surface area contributed by atoms with Gasteiger partial charge in [-0.15, -0.1) is 88.6 Å². The van der Waals surface area contributed by atoms with Crippen LogP contribution in [0.1, 0.15) is 0 Å². The standard InChI is InChI=1S/C18H28Cl2O3Si4.C18H30O5Si4.C14H16Cl2OSi2.C13H26Cl2O3Si4.C13H28O5Si4.C7H10O2Si.C4H12Cl2OSi2.C2H8O2Si/c2*1-24(2,19)21-26(5,6)23-27(22-25(3,4)20,17-13-9-7-10-14-17)18-15-11-8-12-16-18;1-18(15,13-9-5-3-6-10-13)17-19(2,16)14-11-7-4-8-12-14;2*1-19(2,14)16-21(5,6)18-22(7,17-20(3,4)15)13-11-9-8-10-12-13;1-10(8,9)7-5-3-2-4-6-7;1-8(2,5)7-9(3,4)6;1-5(2,3)4/h7-16H,1-6H3;7-16,19-20H,1-6H3;3-12H,1-2H3;8-12H,1-7H3;8-12,14-15H,1-7H3;2-6,8-9H,1H3;1-4H3;3-4H,1-2H3. The number of hydrogen-bond donors (Lipinski definition) is 8. The minimum absolute atomic E-state index is 0.648. The third-order valence-electron chi connectivity index (χ3n) is 17.3. The van der Waals surface area contributed by atoms with Crippen molar-refractivity contribution < 1.29 is 96.0 Å². The van der Waals surface area contributed by atoms with Crippen LogP contribution in [0.2, 0.25) is 229 Å². The lowest BCUT2D eigenvalue weighted by Crippen LogP contribution is -2.71. The summed E-state index contributed by atoms with van der Waals surface area (Å²) < 4.78 is 87.9. The van der Waals surface area contributed by atoms with Crippen LogP contribution < -0.4 is 46.7 Å². The van der Waals surface area contributed by atoms with Gasteiger partial charge in [-0.2, -0.15) is 0 Å². The molecule has 0 fully saturated rings. The van der Waals surface area contributed by atoms with Crippen molar-refractivity contribution in [3.05, 3.63) is 273 Å². The zero-order valence-electron chi connectivity index (χ0n) is 88.8. The predicted octanol–water partition coefficient (Wildman–Crippen LogP) is 19.9. The average molecular weight is 2480 g/mol. The van der Waals surface area contributed by atoms with Gasteiger partial charge in [0.2, 0.25) is 0 Å². The van der Waals surface area contributed by atoms with E-state index in [0.29, 0.717) is 5.19 Å². The minimum Gasteiger partial charge on any atom is -0.433 e. The van der Waals surface area contributed by atoms with Gasteiger partial charge in [0.05, 0.1) is 0 Å². The highest BCUT2D eigenvalue weighted by molar-refractivity contribution is 7.33. The lowest BCUT2D eigenvalue weighted by atomic mass is 10.4. The molecule has 9 aromatic carbocycles. The zero-order chi connectivity index (χ0) is 109. The molecule has 9 aromatic rings. The van der Waals surface area contributed by atoms with Gasteiger partial charge in [-0.25, -0.2) is 0 Å². The third kappa shape index (κ3) is 59.9. The molecule has 0 aliphatic carbocycles. The van der Waals surface area contributed by atoms with Gasteiger partial charge in [-0.3, -0.25) is 0 Å². The van der Waals surface area contributed by atoms with Gasteiger partial charge in [0.1, 0.15) is 0 Å². The maximum Gasteiger partial charge on any atom is 0.389 e. The summed E-state index contributed by atoms with van der Waals surface area (Å²) in [4.78, 5) is 76.1. The fraction of sp³-hybridized carbons (Fsp3) is 0.393. The van der Waals surface area contributed by atoms with Gasteiger partial charge >= 0.3 is 135 Å². The van der Waals surface area contributed by atoms with Gasteiger partial charge in [0.25, 0.3) is 45.8 Å². The Bertz CT molecular complexity index is 4670. The highest BCUT2D eigenvalue weighted by atomic mass is 35.6. The molecule has 4 atom stereocenters. The van der Waals surface area contributed by atoms with Crippen molar-refractivity contribution in [3.63, 3.8) is 0 Å². The summed E-state index contributed by atoms with van der Waals surface area (Å²) in [5.41, 5.74) is 0. The number of halogens is 8. The zero-order valence-corrected chi connectivity index (χ0v) is 117. The monoisotopic (exact) mass is 2470 g/mol. The lowest BCUT2D eigenvalue weighted by Gasteiger charge is -2.42. The first kappa shape index (κ1) is 136. The van der Waals surface area contributed by atoms with Crippen molar-refractivity contribution in [2.75, 3.05) is 0 Å². The molecule has 52 heteroatoms. The highest BCUT2D eigenvalue weighted by Gasteiger charge is 2.56. The van der Waals surface area contributed by atoms with Crippen LogP contribution in [0.5, 0.6) is 0 Å². The number of rotatable bonds is 37. The first-order valence-electron chi connectivity index (χ1n) is 46.0. The van der Waals surface area contributed by atoms with Crippen LogP contribution in [-0.2, 0) is 57.6 Å². The number of hydrogen-bond acceptors (Lipinski definition) is 22. The fourth-order valence-corrected chi connectivity index (χ4v) is 98.3. The van der Waals surface area contributed by atoms with E-state index < -0.39 is 181 Å². The lowest BCUT2D eigenvalue weighted by molar-refractivity contribution is 0.281. The van der Waals surface area contributed by atoms with Crippen molar-refractivity contribution in [1.82, 2.24) is 0 Å². The Morgan fingerprint density at radius 3 is 0.518 bits per heavy atom. The molecular formula is C89H158Cl8O22Si22. The molecule has 4 unspecified atom stereocenters. The van der Waals surface area contributed by atoms with E-state index in [1.165, 1.54) is 19.6 Å². The Hall–Kier alpha value is -0.809. The molecule has 790 valence electrons. The summed E-state index contributed by atoms with van der Waals surface area (Å²) in [7, 11) is -57.2. The largest absolute Gasteiger partial charge is 0.433 e. The van der Waals surface area contributed by atoms with Crippen LogP contribution in [0.3, 0.4) is 0 Å². The summed E-state index contributed by atoms with van der Waals surface area (Å²) in [5.74, 6) is 0. The highest BCUT2D eigenvalue weighted by Crippen LogP contribution is 2.32. The Morgan fingerprint density at radius 1 is 0.156 bits per heavy atom. The fourth-order valence-electron chi connectivity index (χ4n) is 14.2. The topological polar surface area (TPSA) is 291 Å². The Balaban J connectivity index is 0.000000564. The van der Waals surface area contributed by atoms with Crippen molar-refractivity contribution >= 4 is 316 Å². The van der Waals surface area contributed by atoms with Gasteiger partial charge in [0, 0.05) is 0 Å². The van der Waals surface area contributed by atoms with Gasteiger partial charge < -0.3 is 96.0 Å². The van der Waals surface area contributed by atoms with Crippen molar-refractivity contribution in [2.45, 2.75) is 229 Å². The quantitative estimate of drug-likeness (QED) is 0.0133. The summed E-state index contributed by atoms with van der Waals surface area (Å²) in [6, 6.07) is 88.3. The van der Waals surface area contributed by atoms with Crippen LogP contribution in [-0.4, -0.2) is 219 Å². The molecule has 0 aliphatic rings. The molecule has 0 bridgehead atoms. The molecule has 0 saturated heterocycles. The molecule has 0 radical (unpaired) electrons. The van der Waals surface area contributed by atoms with Gasteiger partial charge in [-0.05, 0) is 276 Å². The second kappa shape index (κ2) is 56.3. The molecule has 0 aliphatic heterocycles. The van der Waals surface area contributed by atoms with Crippen molar-refractivity contribution in [2.24, 2.45) is 0 Å². The van der Waals surface area contributed by atoms with E-state index in [1.54, 1.807) is 76.6 Å². The third-order valence-corrected chi connectivity index (χ3v) is 84.7. The smallest absolute Gasteiger partial charge is 0.389 e. The Kier molecular flexibility index (Phi) is 54.5. The van der Waals surface area contributed by atoms with Crippen LogP contribution in [0.4, 0.5) is 0 Å². The molecule has 0 spiro atoms. The number of benzene rings is 9. The van der Waals surface area contributed by atoms with Crippen LogP contribution >= 0.6 is 88.6 Å². The maximum absolute atomic E-state index is 10.7. The van der Waals surface area contributed by atoms with Crippen LogP contribution in [0.15, 0.2) is 273 Å². The van der Waals surface area contributed by atoms with Crippen molar-refractivity contribution in [1.29, 1.82) is 0 Å². The summed E-state index contributed by atoms with van der Waals surface area (Å²) in [6.07, 6.45) is 0. The van der Waals surface area contributed by atoms with E-state index in [-0.39, 0.29) is 0 Å². The molecular weight excluding hydrogens is 2320 g/mol. The molecule has 0 amide bonds. The van der Waals surface area contributed by atoms with Gasteiger partial charge in [-0.1, -0.05) is 273 Å². The molecule has 141 heavy (non-hydrogen) atoms. The first-order valence-corrected chi connectivity index (χ1v) is 113. The summed E-state index contributed by atoms with van der Waals surface area (Å²) >= 11 is 51.1. The van der Waals surface area contributed by atoms with Crippen molar-refractivity contribution in [3.8, 4) is 0 Å². The average Bonchev–Trinajstić information content (AvgIpc) is 0.755. The molecule has 9 rings (SSSR count). The summed E-state index contributed by atoms with van der Waals surface area (Å²) in [5, 5.41) is 8.63. The van der Waals surface area contributed by atoms with E-state index in [9.17, 15) is 28.8 Å². The van der Waals surface area contributed by atoms with E-state index in [1.807, 2.05) is 382 Å².